The summed E-state index contributed by atoms with van der Waals surface area (Å²) in [5.41, 5.74) is 12.2. The molecule has 1 rings (SSSR count). The summed E-state index contributed by atoms with van der Waals surface area (Å²) >= 11 is 0. The smallest absolute Gasteiger partial charge is 0.0409 e. The van der Waals surface area contributed by atoms with Gasteiger partial charge in [-0.15, -0.1) is 0 Å². The maximum absolute atomic E-state index is 5.80. The third kappa shape index (κ3) is 1.04. The maximum Gasteiger partial charge on any atom is 0.0409 e. The van der Waals surface area contributed by atoms with E-state index in [0.717, 1.165) is 6.42 Å². The van der Waals surface area contributed by atoms with E-state index in [-0.39, 0.29) is 11.5 Å². The third-order valence-corrected chi connectivity index (χ3v) is 2.86. The van der Waals surface area contributed by atoms with Gasteiger partial charge in [-0.2, -0.15) is 0 Å². The molecule has 0 aromatic heterocycles. The van der Waals surface area contributed by atoms with Crippen molar-refractivity contribution in [2.45, 2.75) is 25.4 Å². The summed E-state index contributed by atoms with van der Waals surface area (Å²) in [5, 5.41) is 3.16. The van der Waals surface area contributed by atoms with E-state index in [1.807, 2.05) is 7.05 Å². The van der Waals surface area contributed by atoms with Gasteiger partial charge in [0.1, 0.15) is 0 Å². The zero-order valence-corrected chi connectivity index (χ0v) is 7.22. The molecule has 0 aliphatic heterocycles. The molecule has 0 spiro atoms. The summed E-state index contributed by atoms with van der Waals surface area (Å²) in [5.74, 6) is 0. The maximum atomic E-state index is 5.80. The summed E-state index contributed by atoms with van der Waals surface area (Å²) < 4.78 is 0. The average molecular weight is 155 g/mol. The van der Waals surface area contributed by atoms with Crippen LogP contribution < -0.4 is 16.8 Å². The van der Waals surface area contributed by atoms with Crippen molar-refractivity contribution in [3.63, 3.8) is 0 Å². The summed E-state index contributed by atoms with van der Waals surface area (Å²) in [7, 11) is 1.92. The largest absolute Gasteiger partial charge is 0.402 e. The first-order valence-electron chi connectivity index (χ1n) is 3.93. The van der Waals surface area contributed by atoms with Crippen molar-refractivity contribution in [2.24, 2.45) is 16.9 Å². The molecule has 0 amide bonds. The Morgan fingerprint density at radius 3 is 2.36 bits per heavy atom. The van der Waals surface area contributed by atoms with E-state index >= 15 is 0 Å². The molecule has 1 aliphatic rings. The van der Waals surface area contributed by atoms with Crippen LogP contribution in [-0.2, 0) is 0 Å². The Labute approximate surface area is 67.8 Å². The highest BCUT2D eigenvalue weighted by Crippen LogP contribution is 2.50. The molecule has 1 fully saturated rings. The second kappa shape index (κ2) is 2.50. The predicted molar refractivity (Wildman–Crippen MR) is 46.9 cm³/mol. The highest BCUT2D eigenvalue weighted by molar-refractivity contribution is 5.26. The van der Waals surface area contributed by atoms with Gasteiger partial charge in [-0.05, 0) is 20.4 Å². The van der Waals surface area contributed by atoms with Gasteiger partial charge < -0.3 is 16.8 Å². The minimum atomic E-state index is -0.0330. The topological polar surface area (TPSA) is 64.1 Å². The average Bonchev–Trinajstić information content (AvgIpc) is 2.61. The van der Waals surface area contributed by atoms with Crippen molar-refractivity contribution in [1.29, 1.82) is 0 Å². The van der Waals surface area contributed by atoms with Crippen molar-refractivity contribution in [1.82, 2.24) is 5.32 Å². The van der Waals surface area contributed by atoms with Gasteiger partial charge in [0.2, 0.25) is 0 Å². The quantitative estimate of drug-likeness (QED) is 0.528. The lowest BCUT2D eigenvalue weighted by Crippen LogP contribution is -2.39. The molecule has 0 bridgehead atoms. The van der Waals surface area contributed by atoms with Gasteiger partial charge in [0.05, 0.1) is 0 Å². The van der Waals surface area contributed by atoms with Crippen LogP contribution in [0.15, 0.2) is 12.3 Å². The van der Waals surface area contributed by atoms with Crippen molar-refractivity contribution in [3.8, 4) is 0 Å². The molecule has 0 saturated heterocycles. The van der Waals surface area contributed by atoms with Crippen LogP contribution in [0.1, 0.15) is 13.3 Å². The highest BCUT2D eigenvalue weighted by Gasteiger charge is 2.56. The number of rotatable bonds is 3. The van der Waals surface area contributed by atoms with Crippen LogP contribution >= 0.6 is 0 Å². The second-order valence-corrected chi connectivity index (χ2v) is 3.39. The van der Waals surface area contributed by atoms with E-state index in [9.17, 15) is 0 Å². The van der Waals surface area contributed by atoms with Crippen molar-refractivity contribution in [2.75, 3.05) is 7.05 Å². The lowest BCUT2D eigenvalue weighted by Gasteiger charge is -2.23. The lowest BCUT2D eigenvalue weighted by atomic mass is 9.94. The molecule has 5 N–H and O–H groups in total. The first-order chi connectivity index (χ1) is 5.05. The molecule has 3 heteroatoms. The molecule has 0 radical (unpaired) electrons. The number of nitrogens with two attached hydrogens (primary N) is 2. The Balaban J connectivity index is 2.71. The van der Waals surface area contributed by atoms with Gasteiger partial charge in [0.25, 0.3) is 0 Å². The summed E-state index contributed by atoms with van der Waals surface area (Å²) in [6.07, 6.45) is 0.963. The van der Waals surface area contributed by atoms with Crippen LogP contribution in [0.4, 0.5) is 0 Å². The number of hydrogen-bond acceptors (Lipinski definition) is 3. The van der Waals surface area contributed by atoms with E-state index in [1.165, 1.54) is 0 Å². The zero-order valence-electron chi connectivity index (χ0n) is 7.22. The van der Waals surface area contributed by atoms with Crippen LogP contribution in [0.3, 0.4) is 0 Å². The Kier molecular flexibility index (Phi) is 1.94. The molecular formula is C8H17N3. The van der Waals surface area contributed by atoms with Gasteiger partial charge in [-0.3, -0.25) is 0 Å². The van der Waals surface area contributed by atoms with E-state index in [0.29, 0.717) is 11.7 Å². The Bertz CT molecular complexity index is 178. The molecule has 11 heavy (non-hydrogen) atoms. The van der Waals surface area contributed by atoms with Crippen LogP contribution in [0.25, 0.3) is 0 Å². The summed E-state index contributed by atoms with van der Waals surface area (Å²) in [4.78, 5) is 0. The van der Waals surface area contributed by atoms with Gasteiger partial charge in [-0.1, -0.05) is 6.58 Å². The van der Waals surface area contributed by atoms with Gasteiger partial charge >= 0.3 is 0 Å². The Morgan fingerprint density at radius 1 is 1.82 bits per heavy atom. The molecule has 3 atom stereocenters. The van der Waals surface area contributed by atoms with E-state index in [2.05, 4.69) is 18.8 Å². The predicted octanol–water partition coefficient (Wildman–Crippen LogP) is -0.216. The van der Waals surface area contributed by atoms with E-state index in [1.54, 1.807) is 0 Å². The molecule has 0 aromatic carbocycles. The van der Waals surface area contributed by atoms with Crippen LogP contribution in [0.5, 0.6) is 0 Å². The lowest BCUT2D eigenvalue weighted by molar-refractivity contribution is 0.413. The van der Waals surface area contributed by atoms with Crippen molar-refractivity contribution < 1.29 is 0 Å². The molecule has 1 saturated carbocycles. The SMILES string of the molecule is C=C(N)C1(C(C)NC)CC1N. The molecule has 1 aliphatic carbocycles. The van der Waals surface area contributed by atoms with Gasteiger partial charge in [0, 0.05) is 23.2 Å². The molecular weight excluding hydrogens is 138 g/mol. The standard InChI is InChI=1S/C8H17N3/c1-5(9)8(4-7(8)10)6(2)11-3/h6-7,11H,1,4,9-10H2,2-3H3. The van der Waals surface area contributed by atoms with E-state index in [4.69, 9.17) is 11.5 Å². The normalized spacial score (nSPS) is 38.3. The van der Waals surface area contributed by atoms with Gasteiger partial charge in [-0.25, -0.2) is 0 Å². The van der Waals surface area contributed by atoms with Crippen LogP contribution in [0, 0.1) is 5.41 Å². The van der Waals surface area contributed by atoms with Crippen molar-refractivity contribution in [3.05, 3.63) is 12.3 Å². The molecule has 64 valence electrons. The minimum Gasteiger partial charge on any atom is -0.402 e. The number of nitrogens with one attached hydrogen (secondary N) is 1. The Morgan fingerprint density at radius 2 is 2.27 bits per heavy atom. The number of hydrogen-bond donors (Lipinski definition) is 3. The monoisotopic (exact) mass is 155 g/mol. The molecule has 0 heterocycles. The zero-order chi connectivity index (χ0) is 8.65. The first kappa shape index (κ1) is 8.56. The molecule has 3 unspecified atom stereocenters. The highest BCUT2D eigenvalue weighted by atomic mass is 15.0. The second-order valence-electron chi connectivity index (χ2n) is 3.39. The first-order valence-corrected chi connectivity index (χ1v) is 3.93. The van der Waals surface area contributed by atoms with Gasteiger partial charge in [0.15, 0.2) is 0 Å². The minimum absolute atomic E-state index is 0.0330. The fourth-order valence-corrected chi connectivity index (χ4v) is 1.71. The van der Waals surface area contributed by atoms with Crippen LogP contribution in [-0.4, -0.2) is 19.1 Å². The molecule has 3 nitrogen and oxygen atoms in total. The fourth-order valence-electron chi connectivity index (χ4n) is 1.71. The van der Waals surface area contributed by atoms with Crippen molar-refractivity contribution >= 4 is 0 Å². The van der Waals surface area contributed by atoms with Crippen LogP contribution in [0.2, 0.25) is 0 Å². The summed E-state index contributed by atoms with van der Waals surface area (Å²) in [6.45, 7) is 5.85. The Hall–Kier alpha value is -0.540. The van der Waals surface area contributed by atoms with E-state index < -0.39 is 0 Å². The molecule has 0 aromatic rings. The summed E-state index contributed by atoms with van der Waals surface area (Å²) in [6, 6.07) is 0.525. The third-order valence-electron chi connectivity index (χ3n) is 2.86. The fraction of sp³-hybridized carbons (Fsp3) is 0.750.